The van der Waals surface area contributed by atoms with Crippen molar-refractivity contribution in [1.29, 1.82) is 0 Å². The lowest BCUT2D eigenvalue weighted by Crippen LogP contribution is -2.40. The molecular weight excluding hydrogens is 298 g/mol. The smallest absolute Gasteiger partial charge is 0.289 e. The predicted molar refractivity (Wildman–Crippen MR) is 70.6 cm³/mol. The van der Waals surface area contributed by atoms with Crippen LogP contribution in [0.25, 0.3) is 11.0 Å². The van der Waals surface area contributed by atoms with E-state index in [1.165, 1.54) is 0 Å². The minimum Gasteiger partial charge on any atom is -0.451 e. The third kappa shape index (κ3) is 2.15. The summed E-state index contributed by atoms with van der Waals surface area (Å²) in [6.45, 7) is 2.44. The monoisotopic (exact) mass is 309 g/mol. The Morgan fingerprint density at radius 1 is 1.22 bits per heavy atom. The van der Waals surface area contributed by atoms with Gasteiger partial charge in [0, 0.05) is 22.9 Å². The van der Waals surface area contributed by atoms with E-state index >= 15 is 0 Å². The topological polar surface area (TPSA) is 42.7 Å². The van der Waals surface area contributed by atoms with Crippen LogP contribution in [0.4, 0.5) is 0 Å². The fraction of sp³-hybridized carbons (Fsp3) is 0.308. The molecule has 1 aliphatic heterocycles. The van der Waals surface area contributed by atoms with Gasteiger partial charge in [0.2, 0.25) is 0 Å². The molecule has 1 aliphatic rings. The highest BCUT2D eigenvalue weighted by Crippen LogP contribution is 2.24. The van der Waals surface area contributed by atoms with Crippen molar-refractivity contribution in [2.45, 2.75) is 0 Å². The number of amides is 1. The maximum absolute atomic E-state index is 12.2. The van der Waals surface area contributed by atoms with Gasteiger partial charge in [-0.2, -0.15) is 0 Å². The van der Waals surface area contributed by atoms with Crippen molar-refractivity contribution in [2.75, 3.05) is 26.3 Å². The molecule has 0 spiro atoms. The van der Waals surface area contributed by atoms with E-state index in [-0.39, 0.29) is 5.91 Å². The highest BCUT2D eigenvalue weighted by Gasteiger charge is 2.21. The van der Waals surface area contributed by atoms with E-state index in [0.29, 0.717) is 32.1 Å². The molecule has 0 unspecified atom stereocenters. The number of morpholine rings is 1. The number of furan rings is 1. The van der Waals surface area contributed by atoms with E-state index in [1.807, 2.05) is 18.2 Å². The molecule has 0 aliphatic carbocycles. The molecule has 4 nitrogen and oxygen atoms in total. The molecule has 1 fully saturated rings. The first kappa shape index (κ1) is 11.7. The summed E-state index contributed by atoms with van der Waals surface area (Å²) in [6.07, 6.45) is 0. The van der Waals surface area contributed by atoms with Gasteiger partial charge in [0.25, 0.3) is 5.91 Å². The van der Waals surface area contributed by atoms with Gasteiger partial charge < -0.3 is 14.1 Å². The molecule has 1 aromatic carbocycles. The fourth-order valence-electron chi connectivity index (χ4n) is 2.03. The highest BCUT2D eigenvalue weighted by atomic mass is 79.9. The fourth-order valence-corrected chi connectivity index (χ4v) is 2.37. The largest absolute Gasteiger partial charge is 0.451 e. The average Bonchev–Trinajstić information content (AvgIpc) is 2.81. The molecule has 1 saturated heterocycles. The van der Waals surface area contributed by atoms with E-state index in [0.717, 1.165) is 15.4 Å². The minimum atomic E-state index is -0.0642. The number of nitrogens with zero attached hydrogens (tertiary/aromatic N) is 1. The second-order valence-corrected chi connectivity index (χ2v) is 5.11. The van der Waals surface area contributed by atoms with Gasteiger partial charge in [-0.15, -0.1) is 0 Å². The van der Waals surface area contributed by atoms with Crippen molar-refractivity contribution in [3.05, 3.63) is 34.5 Å². The Morgan fingerprint density at radius 2 is 2.00 bits per heavy atom. The van der Waals surface area contributed by atoms with Crippen LogP contribution >= 0.6 is 15.9 Å². The van der Waals surface area contributed by atoms with E-state index in [2.05, 4.69) is 15.9 Å². The number of fused-ring (bicyclic) bond motifs is 1. The van der Waals surface area contributed by atoms with Crippen LogP contribution in [0.1, 0.15) is 10.6 Å². The molecular formula is C13H12BrNO3. The number of hydrogen-bond donors (Lipinski definition) is 0. The maximum atomic E-state index is 12.2. The summed E-state index contributed by atoms with van der Waals surface area (Å²) in [5.74, 6) is 0.329. The van der Waals surface area contributed by atoms with Crippen LogP contribution in [-0.2, 0) is 4.74 Å². The van der Waals surface area contributed by atoms with Crippen LogP contribution in [0.2, 0.25) is 0 Å². The van der Waals surface area contributed by atoms with Gasteiger partial charge in [-0.25, -0.2) is 0 Å². The lowest BCUT2D eigenvalue weighted by molar-refractivity contribution is 0.0284. The lowest BCUT2D eigenvalue weighted by Gasteiger charge is -2.25. The molecule has 1 amide bonds. The Labute approximate surface area is 113 Å². The molecule has 1 aromatic heterocycles. The number of ether oxygens (including phenoxy) is 1. The predicted octanol–water partition coefficient (Wildman–Crippen LogP) is 2.67. The quantitative estimate of drug-likeness (QED) is 0.813. The molecule has 0 atom stereocenters. The SMILES string of the molecule is O=C(c1cc2ccc(Br)cc2o1)N1CCOCC1. The van der Waals surface area contributed by atoms with E-state index in [1.54, 1.807) is 11.0 Å². The molecule has 0 saturated carbocycles. The van der Waals surface area contributed by atoms with Crippen molar-refractivity contribution in [2.24, 2.45) is 0 Å². The Bertz CT molecular complexity index is 587. The van der Waals surface area contributed by atoms with Crippen molar-refractivity contribution in [3.8, 4) is 0 Å². The number of benzene rings is 1. The van der Waals surface area contributed by atoms with Crippen LogP contribution in [0.15, 0.2) is 33.2 Å². The summed E-state index contributed by atoms with van der Waals surface area (Å²) in [4.78, 5) is 14.0. The Balaban J connectivity index is 1.91. The number of carbonyl (C=O) groups excluding carboxylic acids is 1. The van der Waals surface area contributed by atoms with Gasteiger partial charge >= 0.3 is 0 Å². The zero-order valence-corrected chi connectivity index (χ0v) is 11.3. The highest BCUT2D eigenvalue weighted by molar-refractivity contribution is 9.10. The molecule has 0 bridgehead atoms. The molecule has 2 aromatic rings. The van der Waals surface area contributed by atoms with E-state index in [9.17, 15) is 4.79 Å². The zero-order chi connectivity index (χ0) is 12.5. The summed E-state index contributed by atoms with van der Waals surface area (Å²) < 4.78 is 11.8. The van der Waals surface area contributed by atoms with E-state index < -0.39 is 0 Å². The van der Waals surface area contributed by atoms with Crippen LogP contribution in [0.3, 0.4) is 0 Å². The minimum absolute atomic E-state index is 0.0642. The summed E-state index contributed by atoms with van der Waals surface area (Å²) in [5.41, 5.74) is 0.723. The van der Waals surface area contributed by atoms with Crippen LogP contribution < -0.4 is 0 Å². The van der Waals surface area contributed by atoms with Crippen molar-refractivity contribution >= 4 is 32.8 Å². The standard InChI is InChI=1S/C13H12BrNO3/c14-10-2-1-9-7-12(18-11(9)8-10)13(16)15-3-5-17-6-4-15/h1-2,7-8H,3-6H2. The Kier molecular flexibility index (Phi) is 3.09. The third-order valence-electron chi connectivity index (χ3n) is 2.99. The van der Waals surface area contributed by atoms with Gasteiger partial charge in [-0.05, 0) is 24.3 Å². The molecule has 94 valence electrons. The molecule has 0 N–H and O–H groups in total. The summed E-state index contributed by atoms with van der Waals surface area (Å²) in [5, 5.41) is 0.940. The first-order valence-electron chi connectivity index (χ1n) is 5.80. The Hall–Kier alpha value is -1.33. The van der Waals surface area contributed by atoms with Crippen molar-refractivity contribution in [1.82, 2.24) is 4.90 Å². The molecule has 3 rings (SSSR count). The van der Waals surface area contributed by atoms with Crippen molar-refractivity contribution < 1.29 is 13.9 Å². The van der Waals surface area contributed by atoms with Gasteiger partial charge in [-0.3, -0.25) is 4.79 Å². The number of carbonyl (C=O) groups is 1. The molecule has 18 heavy (non-hydrogen) atoms. The number of rotatable bonds is 1. The summed E-state index contributed by atoms with van der Waals surface area (Å²) >= 11 is 3.38. The van der Waals surface area contributed by atoms with Gasteiger partial charge in [0.15, 0.2) is 5.76 Å². The third-order valence-corrected chi connectivity index (χ3v) is 3.48. The Morgan fingerprint density at radius 3 is 2.78 bits per heavy atom. The van der Waals surface area contributed by atoms with Gasteiger partial charge in [-0.1, -0.05) is 15.9 Å². The molecule has 0 radical (unpaired) electrons. The first-order valence-corrected chi connectivity index (χ1v) is 6.59. The number of halogens is 1. The lowest BCUT2D eigenvalue weighted by atomic mass is 10.2. The second kappa shape index (κ2) is 4.74. The first-order chi connectivity index (χ1) is 8.74. The zero-order valence-electron chi connectivity index (χ0n) is 9.69. The number of hydrogen-bond acceptors (Lipinski definition) is 3. The summed E-state index contributed by atoms with van der Waals surface area (Å²) in [6, 6.07) is 7.52. The molecule has 5 heteroatoms. The van der Waals surface area contributed by atoms with Crippen LogP contribution in [0, 0.1) is 0 Å². The molecule has 2 heterocycles. The second-order valence-electron chi connectivity index (χ2n) is 4.20. The normalized spacial score (nSPS) is 16.2. The van der Waals surface area contributed by atoms with E-state index in [4.69, 9.17) is 9.15 Å². The van der Waals surface area contributed by atoms with Crippen molar-refractivity contribution in [3.63, 3.8) is 0 Å². The average molecular weight is 310 g/mol. The summed E-state index contributed by atoms with van der Waals surface area (Å²) in [7, 11) is 0. The maximum Gasteiger partial charge on any atom is 0.289 e. The van der Waals surface area contributed by atoms with Crippen LogP contribution in [0.5, 0.6) is 0 Å². The van der Waals surface area contributed by atoms with Gasteiger partial charge in [0.05, 0.1) is 13.2 Å². The van der Waals surface area contributed by atoms with Crippen LogP contribution in [-0.4, -0.2) is 37.1 Å². The van der Waals surface area contributed by atoms with Gasteiger partial charge in [0.1, 0.15) is 5.58 Å².